The Labute approximate surface area is 200 Å². The van der Waals surface area contributed by atoms with Crippen molar-refractivity contribution in [2.45, 2.75) is 19.3 Å². The summed E-state index contributed by atoms with van der Waals surface area (Å²) in [5.74, 6) is 4.74. The number of nitrogens with one attached hydrogen (secondary N) is 1. The number of hydrogen-bond acceptors (Lipinski definition) is 7. The molecule has 4 aromatic rings. The van der Waals surface area contributed by atoms with Crippen molar-refractivity contribution in [1.29, 1.82) is 0 Å². The van der Waals surface area contributed by atoms with Gasteiger partial charge < -0.3 is 19.5 Å². The number of terminal acetylenes is 1. The molecule has 34 heavy (non-hydrogen) atoms. The zero-order valence-corrected chi connectivity index (χ0v) is 19.5. The fourth-order valence-corrected chi connectivity index (χ4v) is 4.98. The molecular formula is C25H22N4O4S. The van der Waals surface area contributed by atoms with Gasteiger partial charge in [-0.1, -0.05) is 23.3 Å². The number of anilines is 1. The second-order valence-electron chi connectivity index (χ2n) is 7.63. The van der Waals surface area contributed by atoms with Gasteiger partial charge in [-0.3, -0.25) is 4.79 Å². The lowest BCUT2D eigenvalue weighted by atomic mass is 9.87. The maximum atomic E-state index is 12.7. The Morgan fingerprint density at radius 3 is 2.91 bits per heavy atom. The van der Waals surface area contributed by atoms with E-state index in [1.807, 2.05) is 43.3 Å². The van der Waals surface area contributed by atoms with Crippen molar-refractivity contribution in [3.8, 4) is 34.7 Å². The van der Waals surface area contributed by atoms with Gasteiger partial charge in [-0.05, 0) is 42.8 Å². The van der Waals surface area contributed by atoms with E-state index in [1.54, 1.807) is 18.0 Å². The van der Waals surface area contributed by atoms with Crippen LogP contribution in [0, 0.1) is 12.3 Å². The van der Waals surface area contributed by atoms with Crippen LogP contribution in [0.15, 0.2) is 42.6 Å². The molecule has 2 aromatic carbocycles. The smallest absolute Gasteiger partial charge is 0.226 e. The van der Waals surface area contributed by atoms with Crippen LogP contribution < -0.4 is 19.5 Å². The van der Waals surface area contributed by atoms with Gasteiger partial charge in [-0.15, -0.1) is 6.42 Å². The highest BCUT2D eigenvalue weighted by Crippen LogP contribution is 2.41. The Bertz CT molecular complexity index is 1420. The van der Waals surface area contributed by atoms with Crippen molar-refractivity contribution < 1.29 is 19.0 Å². The number of hydrogen-bond donors (Lipinski definition) is 1. The minimum Gasteiger partial charge on any atom is -0.497 e. The third-order valence-corrected chi connectivity index (χ3v) is 6.56. The third kappa shape index (κ3) is 3.93. The Morgan fingerprint density at radius 1 is 1.24 bits per heavy atom. The lowest BCUT2D eigenvalue weighted by molar-refractivity contribution is -0.116. The first-order valence-electron chi connectivity index (χ1n) is 10.8. The molecule has 1 N–H and O–H groups in total. The minimum atomic E-state index is -0.187. The molecule has 1 atom stereocenters. The Balaban J connectivity index is 1.54. The first-order valence-corrected chi connectivity index (χ1v) is 11.6. The maximum absolute atomic E-state index is 12.7. The average Bonchev–Trinajstić information content (AvgIpc) is 3.46. The molecule has 0 aliphatic carbocycles. The normalized spacial score (nSPS) is 14.9. The van der Waals surface area contributed by atoms with Crippen molar-refractivity contribution in [2.24, 2.45) is 0 Å². The molecule has 172 valence electrons. The number of rotatable bonds is 7. The first-order chi connectivity index (χ1) is 16.6. The molecule has 0 bridgehead atoms. The number of amides is 1. The highest BCUT2D eigenvalue weighted by atomic mass is 32.1. The van der Waals surface area contributed by atoms with Crippen LogP contribution in [0.5, 0.6) is 17.2 Å². The summed E-state index contributed by atoms with van der Waals surface area (Å²) in [7, 11) is 1.63. The van der Waals surface area contributed by atoms with Gasteiger partial charge in [0.15, 0.2) is 11.5 Å². The van der Waals surface area contributed by atoms with Gasteiger partial charge in [0, 0.05) is 17.9 Å². The lowest BCUT2D eigenvalue weighted by Gasteiger charge is -2.24. The molecule has 3 heterocycles. The number of benzene rings is 2. The van der Waals surface area contributed by atoms with Crippen LogP contribution in [0.2, 0.25) is 0 Å². The number of fused-ring (bicyclic) bond motifs is 2. The van der Waals surface area contributed by atoms with E-state index in [0.29, 0.717) is 35.5 Å². The molecule has 0 radical (unpaired) electrons. The van der Waals surface area contributed by atoms with Gasteiger partial charge in [0.2, 0.25) is 11.0 Å². The second-order valence-corrected chi connectivity index (χ2v) is 8.64. The zero-order valence-electron chi connectivity index (χ0n) is 18.7. The van der Waals surface area contributed by atoms with E-state index in [1.165, 1.54) is 11.3 Å². The van der Waals surface area contributed by atoms with Crippen molar-refractivity contribution in [3.63, 3.8) is 0 Å². The van der Waals surface area contributed by atoms with E-state index in [2.05, 4.69) is 16.3 Å². The molecular weight excluding hydrogens is 452 g/mol. The van der Waals surface area contributed by atoms with Gasteiger partial charge in [-0.2, -0.15) is 9.78 Å². The first kappa shape index (κ1) is 21.8. The van der Waals surface area contributed by atoms with Crippen LogP contribution in [0.1, 0.15) is 30.4 Å². The molecule has 1 amide bonds. The maximum Gasteiger partial charge on any atom is 0.226 e. The molecule has 1 unspecified atom stereocenters. The van der Waals surface area contributed by atoms with Crippen molar-refractivity contribution in [3.05, 3.63) is 53.7 Å². The van der Waals surface area contributed by atoms with Crippen LogP contribution in [0.3, 0.4) is 0 Å². The quantitative estimate of drug-likeness (QED) is 0.400. The van der Waals surface area contributed by atoms with Gasteiger partial charge in [-0.25, -0.2) is 4.98 Å². The number of carbonyl (C=O) groups is 1. The second kappa shape index (κ2) is 9.08. The zero-order chi connectivity index (χ0) is 23.7. The molecule has 0 saturated carbocycles. The van der Waals surface area contributed by atoms with E-state index in [9.17, 15) is 4.79 Å². The Kier molecular flexibility index (Phi) is 5.82. The summed E-state index contributed by atoms with van der Waals surface area (Å²) in [5, 5.41) is 8.22. The molecule has 8 nitrogen and oxygen atoms in total. The number of ether oxygens (including phenoxy) is 3. The van der Waals surface area contributed by atoms with Gasteiger partial charge in [0.05, 0.1) is 30.1 Å². The summed E-state index contributed by atoms with van der Waals surface area (Å²) in [5.41, 5.74) is 2.69. The Hall–Kier alpha value is -4.03. The summed E-state index contributed by atoms with van der Waals surface area (Å²) in [4.78, 5) is 17.4. The molecule has 0 fully saturated rings. The molecule has 9 heteroatoms. The van der Waals surface area contributed by atoms with Gasteiger partial charge in [0.25, 0.3) is 0 Å². The summed E-state index contributed by atoms with van der Waals surface area (Å²) in [6.45, 7) is 2.53. The molecule has 5 rings (SSSR count). The van der Waals surface area contributed by atoms with E-state index >= 15 is 0 Å². The molecule has 0 saturated heterocycles. The van der Waals surface area contributed by atoms with E-state index in [4.69, 9.17) is 25.6 Å². The minimum absolute atomic E-state index is 0.0901. The van der Waals surface area contributed by atoms with E-state index < -0.39 is 0 Å². The monoisotopic (exact) mass is 474 g/mol. The van der Waals surface area contributed by atoms with Crippen molar-refractivity contribution >= 4 is 33.3 Å². The van der Waals surface area contributed by atoms with Gasteiger partial charge in [0.1, 0.15) is 18.2 Å². The predicted molar refractivity (Wildman–Crippen MR) is 130 cm³/mol. The lowest BCUT2D eigenvalue weighted by Crippen LogP contribution is -2.24. The molecule has 2 aromatic heterocycles. The number of aromatic nitrogens is 3. The third-order valence-electron chi connectivity index (χ3n) is 5.57. The Morgan fingerprint density at radius 2 is 2.12 bits per heavy atom. The topological polar surface area (TPSA) is 87.5 Å². The fraction of sp³-hybridized carbons (Fsp3) is 0.240. The SMILES string of the molecule is C#CCOc1ccc(C2CC(=O)Nc3c2cnn3-c2nc3ccc(OC)cc3s2)cc1OCC. The van der Waals surface area contributed by atoms with Crippen LogP contribution in [0.4, 0.5) is 5.82 Å². The summed E-state index contributed by atoms with van der Waals surface area (Å²) in [6.07, 6.45) is 7.41. The highest BCUT2D eigenvalue weighted by molar-refractivity contribution is 7.20. The van der Waals surface area contributed by atoms with Crippen molar-refractivity contribution in [1.82, 2.24) is 14.8 Å². The van der Waals surface area contributed by atoms with E-state index in [0.717, 1.165) is 27.1 Å². The largest absolute Gasteiger partial charge is 0.497 e. The van der Waals surface area contributed by atoms with Crippen LogP contribution in [0.25, 0.3) is 15.3 Å². The highest BCUT2D eigenvalue weighted by Gasteiger charge is 2.31. The van der Waals surface area contributed by atoms with E-state index in [-0.39, 0.29) is 18.4 Å². The molecule has 0 spiro atoms. The predicted octanol–water partition coefficient (Wildman–Crippen LogP) is 4.38. The molecule has 1 aliphatic heterocycles. The van der Waals surface area contributed by atoms with Crippen LogP contribution in [-0.4, -0.2) is 41.0 Å². The van der Waals surface area contributed by atoms with Crippen LogP contribution >= 0.6 is 11.3 Å². The summed E-state index contributed by atoms with van der Waals surface area (Å²) >= 11 is 1.48. The fourth-order valence-electron chi connectivity index (χ4n) is 4.02. The number of thiazole rings is 1. The van der Waals surface area contributed by atoms with Gasteiger partial charge >= 0.3 is 0 Å². The van der Waals surface area contributed by atoms with Crippen LogP contribution in [-0.2, 0) is 4.79 Å². The number of nitrogens with zero attached hydrogens (tertiary/aromatic N) is 3. The number of methoxy groups -OCH3 is 1. The number of carbonyl (C=O) groups excluding carboxylic acids is 1. The molecule has 1 aliphatic rings. The summed E-state index contributed by atoms with van der Waals surface area (Å²) < 4.78 is 19.4. The average molecular weight is 475 g/mol. The summed E-state index contributed by atoms with van der Waals surface area (Å²) in [6, 6.07) is 11.4. The standard InChI is InChI=1S/C25H22N4O4S/c1-4-10-33-20-9-6-15(11-21(20)32-5-2)17-13-23(30)28-24-18(17)14-26-29(24)25-27-19-8-7-16(31-3)12-22(19)34-25/h1,6-9,11-12,14,17H,5,10,13H2,2-3H3,(H,28,30). The van der Waals surface area contributed by atoms with Crippen molar-refractivity contribution in [2.75, 3.05) is 25.6 Å².